The molecule has 0 saturated carbocycles. The molecule has 1 N–H and O–H groups in total. The molecule has 1 saturated heterocycles. The van der Waals surface area contributed by atoms with Gasteiger partial charge in [0.05, 0.1) is 12.0 Å². The lowest BCUT2D eigenvalue weighted by Gasteiger charge is -2.12. The van der Waals surface area contributed by atoms with E-state index >= 15 is 0 Å². The summed E-state index contributed by atoms with van der Waals surface area (Å²) < 4.78 is 12.5. The number of amides is 1. The van der Waals surface area contributed by atoms with E-state index in [4.69, 9.17) is 26.8 Å². The van der Waals surface area contributed by atoms with Gasteiger partial charge in [0.25, 0.3) is 5.91 Å². The molecule has 0 atom stereocenters. The number of carboxylic acids is 1. The summed E-state index contributed by atoms with van der Waals surface area (Å²) in [5.41, 5.74) is 1.73. The van der Waals surface area contributed by atoms with Crippen molar-refractivity contribution in [2.45, 2.75) is 6.61 Å². The number of rotatable bonds is 7. The Morgan fingerprint density at radius 2 is 1.97 bits per heavy atom. The fourth-order valence-corrected chi connectivity index (χ4v) is 4.08. The molecule has 0 bridgehead atoms. The molecule has 9 heteroatoms. The van der Waals surface area contributed by atoms with Gasteiger partial charge in [0.1, 0.15) is 17.5 Å². The Morgan fingerprint density at radius 1 is 1.24 bits per heavy atom. The van der Waals surface area contributed by atoms with Gasteiger partial charge in [-0.25, -0.2) is 0 Å². The zero-order chi connectivity index (χ0) is 21.0. The summed E-state index contributed by atoms with van der Waals surface area (Å²) in [5, 5.41) is 8.92. The lowest BCUT2D eigenvalue weighted by atomic mass is 10.1. The highest BCUT2D eigenvalue weighted by Crippen LogP contribution is 2.34. The minimum atomic E-state index is -1.11. The summed E-state index contributed by atoms with van der Waals surface area (Å²) in [4.78, 5) is 24.7. The van der Waals surface area contributed by atoms with Crippen molar-refractivity contribution in [1.82, 2.24) is 4.90 Å². The Hall–Kier alpha value is -2.36. The number of carbonyl (C=O) groups excluding carboxylic acids is 1. The number of benzene rings is 2. The first kappa shape index (κ1) is 21.4. The van der Waals surface area contributed by atoms with Crippen molar-refractivity contribution in [3.63, 3.8) is 0 Å². The fourth-order valence-electron chi connectivity index (χ4n) is 2.56. The molecule has 1 heterocycles. The van der Waals surface area contributed by atoms with Crippen LogP contribution in [0.15, 0.2) is 51.8 Å². The average Bonchev–Trinajstić information content (AvgIpc) is 2.95. The molecule has 29 heavy (non-hydrogen) atoms. The van der Waals surface area contributed by atoms with Gasteiger partial charge in [-0.05, 0) is 41.5 Å². The van der Waals surface area contributed by atoms with Crippen molar-refractivity contribution in [3.05, 3.63) is 63.0 Å². The Balaban J connectivity index is 1.75. The van der Waals surface area contributed by atoms with E-state index < -0.39 is 18.4 Å². The normalized spacial score (nSPS) is 15.1. The zero-order valence-electron chi connectivity index (χ0n) is 15.3. The highest BCUT2D eigenvalue weighted by Gasteiger charge is 2.33. The van der Waals surface area contributed by atoms with E-state index in [0.29, 0.717) is 28.6 Å². The first-order valence-electron chi connectivity index (χ1n) is 8.40. The lowest BCUT2D eigenvalue weighted by Crippen LogP contribution is -2.33. The Morgan fingerprint density at radius 3 is 2.62 bits per heavy atom. The highest BCUT2D eigenvalue weighted by molar-refractivity contribution is 9.10. The maximum atomic E-state index is 12.4. The van der Waals surface area contributed by atoms with Gasteiger partial charge in [0.15, 0.2) is 11.5 Å². The smallest absolute Gasteiger partial charge is 0.323 e. The quantitative estimate of drug-likeness (QED) is 0.454. The van der Waals surface area contributed by atoms with Gasteiger partial charge in [0, 0.05) is 4.47 Å². The monoisotopic (exact) mass is 493 g/mol. The van der Waals surface area contributed by atoms with Crippen LogP contribution in [-0.2, 0) is 16.2 Å². The molecule has 1 amide bonds. The van der Waals surface area contributed by atoms with Gasteiger partial charge < -0.3 is 14.6 Å². The molecule has 0 spiro atoms. The largest absolute Gasteiger partial charge is 0.493 e. The topological polar surface area (TPSA) is 76.1 Å². The van der Waals surface area contributed by atoms with E-state index in [1.165, 1.54) is 7.11 Å². The highest BCUT2D eigenvalue weighted by atomic mass is 79.9. The number of thiocarbonyl (C=S) groups is 1. The predicted octanol–water partition coefficient (Wildman–Crippen LogP) is 4.32. The summed E-state index contributed by atoms with van der Waals surface area (Å²) >= 11 is 9.58. The van der Waals surface area contributed by atoms with Crippen LogP contribution < -0.4 is 9.47 Å². The second kappa shape index (κ2) is 9.43. The molecular formula is C20H16BrNO5S2. The van der Waals surface area contributed by atoms with Gasteiger partial charge in [-0.2, -0.15) is 0 Å². The van der Waals surface area contributed by atoms with E-state index in [9.17, 15) is 9.59 Å². The molecular weight excluding hydrogens is 478 g/mol. The third-order valence-corrected chi connectivity index (χ3v) is 5.87. The van der Waals surface area contributed by atoms with Crippen LogP contribution in [0.25, 0.3) is 6.08 Å². The van der Waals surface area contributed by atoms with Gasteiger partial charge in [-0.1, -0.05) is 58.1 Å². The first-order chi connectivity index (χ1) is 13.9. The molecule has 1 fully saturated rings. The van der Waals surface area contributed by atoms with E-state index in [1.807, 2.05) is 24.3 Å². The average molecular weight is 494 g/mol. The minimum Gasteiger partial charge on any atom is -0.493 e. The SMILES string of the molecule is COc1cc(/C=C2/SC(=S)N(CC(=O)O)C2=O)ccc1OCc1ccc(Br)cc1. The minimum absolute atomic E-state index is 0.227. The summed E-state index contributed by atoms with van der Waals surface area (Å²) in [5.74, 6) is -0.434. The van der Waals surface area contributed by atoms with Crippen LogP contribution in [-0.4, -0.2) is 39.9 Å². The first-order valence-corrected chi connectivity index (χ1v) is 10.4. The number of halogens is 1. The molecule has 1 aliphatic heterocycles. The van der Waals surface area contributed by atoms with Crippen molar-refractivity contribution < 1.29 is 24.2 Å². The number of nitrogens with zero attached hydrogens (tertiary/aromatic N) is 1. The summed E-state index contributed by atoms with van der Waals surface area (Å²) in [6, 6.07) is 13.1. The van der Waals surface area contributed by atoms with Crippen molar-refractivity contribution in [1.29, 1.82) is 0 Å². The van der Waals surface area contributed by atoms with E-state index in [-0.39, 0.29) is 4.32 Å². The molecule has 0 aliphatic carbocycles. The molecule has 150 valence electrons. The van der Waals surface area contributed by atoms with E-state index in [0.717, 1.165) is 26.7 Å². The summed E-state index contributed by atoms with van der Waals surface area (Å²) in [7, 11) is 1.54. The van der Waals surface area contributed by atoms with Crippen LogP contribution in [0.3, 0.4) is 0 Å². The predicted molar refractivity (Wildman–Crippen MR) is 119 cm³/mol. The lowest BCUT2D eigenvalue weighted by molar-refractivity contribution is -0.140. The van der Waals surface area contributed by atoms with Crippen molar-refractivity contribution in [2.75, 3.05) is 13.7 Å². The van der Waals surface area contributed by atoms with Crippen molar-refractivity contribution >= 4 is 62.2 Å². The van der Waals surface area contributed by atoms with Gasteiger partial charge >= 0.3 is 5.97 Å². The number of hydrogen-bond acceptors (Lipinski definition) is 6. The molecule has 0 unspecified atom stereocenters. The van der Waals surface area contributed by atoms with E-state index in [2.05, 4.69) is 15.9 Å². The molecule has 2 aromatic carbocycles. The Kier molecular flexibility index (Phi) is 6.94. The standard InChI is InChI=1S/C20H16BrNO5S2/c1-26-16-8-13(9-17-19(25)22(10-18(23)24)20(28)29-17)4-7-15(16)27-11-12-2-5-14(21)6-3-12/h2-9H,10-11H2,1H3,(H,23,24)/b17-9+. The Bertz CT molecular complexity index is 991. The number of ether oxygens (including phenoxy) is 2. The van der Waals surface area contributed by atoms with Crippen LogP contribution in [0.2, 0.25) is 0 Å². The molecule has 1 aliphatic rings. The molecule has 6 nitrogen and oxygen atoms in total. The maximum Gasteiger partial charge on any atom is 0.323 e. The Labute approximate surface area is 185 Å². The molecule has 0 aromatic heterocycles. The number of carbonyl (C=O) groups is 2. The van der Waals surface area contributed by atoms with Crippen LogP contribution >= 0.6 is 39.9 Å². The second-order valence-corrected chi connectivity index (χ2v) is 8.58. The second-order valence-electron chi connectivity index (χ2n) is 5.99. The summed E-state index contributed by atoms with van der Waals surface area (Å²) in [6.45, 7) is -0.0645. The van der Waals surface area contributed by atoms with Crippen LogP contribution in [0, 0.1) is 0 Å². The van der Waals surface area contributed by atoms with E-state index in [1.54, 1.807) is 24.3 Å². The molecule has 2 aromatic rings. The summed E-state index contributed by atoms with van der Waals surface area (Å²) in [6.07, 6.45) is 1.65. The van der Waals surface area contributed by atoms with Crippen LogP contribution in [0.4, 0.5) is 0 Å². The maximum absolute atomic E-state index is 12.4. The third-order valence-electron chi connectivity index (χ3n) is 3.96. The van der Waals surface area contributed by atoms with Crippen molar-refractivity contribution in [2.24, 2.45) is 0 Å². The molecule has 3 rings (SSSR count). The van der Waals surface area contributed by atoms with Crippen molar-refractivity contribution in [3.8, 4) is 11.5 Å². The number of aliphatic carboxylic acids is 1. The zero-order valence-corrected chi connectivity index (χ0v) is 18.5. The number of methoxy groups -OCH3 is 1. The van der Waals surface area contributed by atoms with Gasteiger partial charge in [-0.15, -0.1) is 0 Å². The van der Waals surface area contributed by atoms with Crippen LogP contribution in [0.1, 0.15) is 11.1 Å². The number of thioether (sulfide) groups is 1. The third kappa shape index (κ3) is 5.37. The number of carboxylic acid groups (broad SMARTS) is 1. The van der Waals surface area contributed by atoms with Gasteiger partial charge in [0.2, 0.25) is 0 Å². The van der Waals surface area contributed by atoms with Crippen LogP contribution in [0.5, 0.6) is 11.5 Å². The van der Waals surface area contributed by atoms with Gasteiger partial charge in [-0.3, -0.25) is 14.5 Å². The number of hydrogen-bond donors (Lipinski definition) is 1. The molecule has 0 radical (unpaired) electrons. The fraction of sp³-hybridized carbons (Fsp3) is 0.150.